The van der Waals surface area contributed by atoms with Gasteiger partial charge in [-0.3, -0.25) is 4.79 Å². The molecular formula is C13H18N2O4S. The molecule has 0 aromatic heterocycles. The summed E-state index contributed by atoms with van der Waals surface area (Å²) in [6.45, 7) is 1.82. The van der Waals surface area contributed by atoms with Crippen LogP contribution in [0.5, 0.6) is 0 Å². The third-order valence-electron chi connectivity index (χ3n) is 3.22. The van der Waals surface area contributed by atoms with E-state index in [2.05, 4.69) is 0 Å². The van der Waals surface area contributed by atoms with E-state index < -0.39 is 9.84 Å². The summed E-state index contributed by atoms with van der Waals surface area (Å²) in [7, 11) is -3.24. The van der Waals surface area contributed by atoms with Gasteiger partial charge in [0.15, 0.2) is 9.84 Å². The van der Waals surface area contributed by atoms with Crippen molar-refractivity contribution in [2.45, 2.75) is 11.0 Å². The first-order valence-corrected chi connectivity index (χ1v) is 8.22. The van der Waals surface area contributed by atoms with Crippen molar-refractivity contribution >= 4 is 15.7 Å². The highest BCUT2D eigenvalue weighted by Crippen LogP contribution is 2.14. The van der Waals surface area contributed by atoms with Gasteiger partial charge < -0.3 is 15.4 Å². The zero-order chi connectivity index (χ0) is 14.8. The average Bonchev–Trinajstić information content (AvgIpc) is 2.46. The van der Waals surface area contributed by atoms with E-state index in [-0.39, 0.29) is 16.9 Å². The fourth-order valence-corrected chi connectivity index (χ4v) is 2.70. The van der Waals surface area contributed by atoms with Crippen LogP contribution < -0.4 is 5.73 Å². The standard InChI is InChI=1S/C13H18N2O4S/c1-20(17,18)12-4-2-10(3-5-12)13(16)15-6-7-19-11(8-14)9-15/h2-5,11H,6-9,14H2,1H3. The Hall–Kier alpha value is -1.44. The second kappa shape index (κ2) is 5.90. The Balaban J connectivity index is 2.13. The third-order valence-corrected chi connectivity index (χ3v) is 4.35. The molecule has 1 fully saturated rings. The molecule has 1 aliphatic heterocycles. The van der Waals surface area contributed by atoms with Crippen LogP contribution >= 0.6 is 0 Å². The SMILES string of the molecule is CS(=O)(=O)c1ccc(C(=O)N2CCOC(CN)C2)cc1. The fourth-order valence-electron chi connectivity index (χ4n) is 2.07. The number of rotatable bonds is 3. The van der Waals surface area contributed by atoms with Gasteiger partial charge >= 0.3 is 0 Å². The second-order valence-electron chi connectivity index (χ2n) is 4.78. The lowest BCUT2D eigenvalue weighted by atomic mass is 10.1. The maximum absolute atomic E-state index is 12.3. The van der Waals surface area contributed by atoms with E-state index in [4.69, 9.17) is 10.5 Å². The molecule has 1 amide bonds. The highest BCUT2D eigenvalue weighted by atomic mass is 32.2. The van der Waals surface area contributed by atoms with Crippen LogP contribution in [0.25, 0.3) is 0 Å². The van der Waals surface area contributed by atoms with Crippen molar-refractivity contribution in [3.05, 3.63) is 29.8 Å². The van der Waals surface area contributed by atoms with Crippen LogP contribution in [0.2, 0.25) is 0 Å². The number of carbonyl (C=O) groups excluding carboxylic acids is 1. The van der Waals surface area contributed by atoms with Crippen molar-refractivity contribution in [1.29, 1.82) is 0 Å². The number of hydrogen-bond donors (Lipinski definition) is 1. The van der Waals surface area contributed by atoms with E-state index in [9.17, 15) is 13.2 Å². The van der Waals surface area contributed by atoms with Crippen molar-refractivity contribution in [2.24, 2.45) is 5.73 Å². The van der Waals surface area contributed by atoms with Gasteiger partial charge in [0.05, 0.1) is 17.6 Å². The molecule has 0 radical (unpaired) electrons. The molecule has 1 aromatic carbocycles. The molecule has 1 unspecified atom stereocenters. The summed E-state index contributed by atoms with van der Waals surface area (Å²) in [5, 5.41) is 0. The van der Waals surface area contributed by atoms with Gasteiger partial charge in [0.2, 0.25) is 0 Å². The topological polar surface area (TPSA) is 89.7 Å². The molecule has 6 nitrogen and oxygen atoms in total. The summed E-state index contributed by atoms with van der Waals surface area (Å²) in [5.74, 6) is -0.133. The van der Waals surface area contributed by atoms with E-state index in [0.717, 1.165) is 6.26 Å². The highest BCUT2D eigenvalue weighted by molar-refractivity contribution is 7.90. The Labute approximate surface area is 118 Å². The Kier molecular flexibility index (Phi) is 4.42. The average molecular weight is 298 g/mol. The maximum atomic E-state index is 12.3. The Morgan fingerprint density at radius 3 is 2.60 bits per heavy atom. The van der Waals surface area contributed by atoms with Gasteiger partial charge in [0, 0.05) is 31.5 Å². The maximum Gasteiger partial charge on any atom is 0.254 e. The number of morpholine rings is 1. The van der Waals surface area contributed by atoms with Crippen LogP contribution in [-0.4, -0.2) is 57.8 Å². The van der Waals surface area contributed by atoms with Crippen LogP contribution in [0.1, 0.15) is 10.4 Å². The van der Waals surface area contributed by atoms with Gasteiger partial charge in [-0.2, -0.15) is 0 Å². The summed E-state index contributed by atoms with van der Waals surface area (Å²) >= 11 is 0. The first-order chi connectivity index (χ1) is 9.41. The Bertz CT molecular complexity index is 583. The first kappa shape index (κ1) is 15.0. The molecule has 1 atom stereocenters. The van der Waals surface area contributed by atoms with Gasteiger partial charge in [0.25, 0.3) is 5.91 Å². The van der Waals surface area contributed by atoms with Crippen LogP contribution in [0.15, 0.2) is 29.2 Å². The predicted octanol–water partition coefficient (Wildman–Crippen LogP) is -0.110. The van der Waals surface area contributed by atoms with Crippen molar-refractivity contribution in [1.82, 2.24) is 4.90 Å². The number of sulfone groups is 1. The van der Waals surface area contributed by atoms with Crippen molar-refractivity contribution in [2.75, 3.05) is 32.5 Å². The highest BCUT2D eigenvalue weighted by Gasteiger charge is 2.24. The number of nitrogens with two attached hydrogens (primary N) is 1. The molecule has 110 valence electrons. The lowest BCUT2D eigenvalue weighted by Gasteiger charge is -2.32. The molecule has 0 spiro atoms. The third kappa shape index (κ3) is 3.36. The number of ether oxygens (including phenoxy) is 1. The van der Waals surface area contributed by atoms with Crippen molar-refractivity contribution < 1.29 is 17.9 Å². The minimum atomic E-state index is -3.24. The molecule has 7 heteroatoms. The number of hydrogen-bond acceptors (Lipinski definition) is 5. The summed E-state index contributed by atoms with van der Waals surface area (Å²) in [6.07, 6.45) is 1.00. The van der Waals surface area contributed by atoms with E-state index in [1.807, 2.05) is 0 Å². The van der Waals surface area contributed by atoms with E-state index in [1.165, 1.54) is 24.3 Å². The summed E-state index contributed by atoms with van der Waals surface area (Å²) in [4.78, 5) is 14.2. The number of benzene rings is 1. The van der Waals surface area contributed by atoms with Crippen LogP contribution in [0.3, 0.4) is 0 Å². The molecule has 2 N–H and O–H groups in total. The lowest BCUT2D eigenvalue weighted by Crippen LogP contribution is -2.48. The molecule has 1 aliphatic rings. The van der Waals surface area contributed by atoms with Gasteiger partial charge in [-0.15, -0.1) is 0 Å². The van der Waals surface area contributed by atoms with Crippen LogP contribution in [0.4, 0.5) is 0 Å². The molecule has 1 heterocycles. The molecule has 20 heavy (non-hydrogen) atoms. The predicted molar refractivity (Wildman–Crippen MR) is 74.2 cm³/mol. The van der Waals surface area contributed by atoms with E-state index in [0.29, 0.717) is 31.8 Å². The molecule has 0 bridgehead atoms. The fraction of sp³-hybridized carbons (Fsp3) is 0.462. The molecule has 1 saturated heterocycles. The van der Waals surface area contributed by atoms with Crippen molar-refractivity contribution in [3.8, 4) is 0 Å². The van der Waals surface area contributed by atoms with Gasteiger partial charge in [-0.1, -0.05) is 0 Å². The van der Waals surface area contributed by atoms with Crippen LogP contribution in [0, 0.1) is 0 Å². The zero-order valence-electron chi connectivity index (χ0n) is 11.3. The van der Waals surface area contributed by atoms with Gasteiger partial charge in [-0.05, 0) is 24.3 Å². The van der Waals surface area contributed by atoms with E-state index >= 15 is 0 Å². The Morgan fingerprint density at radius 2 is 2.05 bits per heavy atom. The number of carbonyl (C=O) groups is 1. The molecule has 1 aromatic rings. The number of nitrogens with zero attached hydrogens (tertiary/aromatic N) is 1. The molecule has 0 aliphatic carbocycles. The Morgan fingerprint density at radius 1 is 1.40 bits per heavy atom. The first-order valence-electron chi connectivity index (χ1n) is 6.33. The monoisotopic (exact) mass is 298 g/mol. The summed E-state index contributed by atoms with van der Waals surface area (Å²) < 4.78 is 28.2. The van der Waals surface area contributed by atoms with Gasteiger partial charge in [-0.25, -0.2) is 8.42 Å². The quantitative estimate of drug-likeness (QED) is 0.841. The lowest BCUT2D eigenvalue weighted by molar-refractivity contribution is -0.0167. The minimum absolute atomic E-state index is 0.133. The minimum Gasteiger partial charge on any atom is -0.373 e. The largest absolute Gasteiger partial charge is 0.373 e. The number of amides is 1. The smallest absolute Gasteiger partial charge is 0.254 e. The van der Waals surface area contributed by atoms with Crippen molar-refractivity contribution in [3.63, 3.8) is 0 Å². The normalized spacial score (nSPS) is 19.9. The molecule has 2 rings (SSSR count). The second-order valence-corrected chi connectivity index (χ2v) is 6.79. The molecule has 0 saturated carbocycles. The zero-order valence-corrected chi connectivity index (χ0v) is 12.1. The summed E-state index contributed by atoms with van der Waals surface area (Å²) in [6, 6.07) is 5.96. The summed E-state index contributed by atoms with van der Waals surface area (Å²) in [5.41, 5.74) is 6.01. The van der Waals surface area contributed by atoms with Crippen LogP contribution in [-0.2, 0) is 14.6 Å². The van der Waals surface area contributed by atoms with E-state index in [1.54, 1.807) is 4.90 Å². The molecular weight excluding hydrogens is 280 g/mol. The van der Waals surface area contributed by atoms with Gasteiger partial charge in [0.1, 0.15) is 0 Å².